The molecule has 1 saturated heterocycles. The molecule has 1 aliphatic carbocycles. The van der Waals surface area contributed by atoms with Gasteiger partial charge in [0.1, 0.15) is 11.4 Å². The molecule has 22 heavy (non-hydrogen) atoms. The van der Waals surface area contributed by atoms with Crippen LogP contribution in [0.1, 0.15) is 19.3 Å². The largest absolute Gasteiger partial charge is 0.493 e. The van der Waals surface area contributed by atoms with Gasteiger partial charge in [-0.3, -0.25) is 0 Å². The van der Waals surface area contributed by atoms with Crippen LogP contribution in [-0.2, 0) is 0 Å². The molecule has 1 spiro atoms. The lowest BCUT2D eigenvalue weighted by molar-refractivity contribution is 0.0315. The van der Waals surface area contributed by atoms with E-state index >= 15 is 0 Å². The number of ether oxygens (including phenoxy) is 1. The van der Waals surface area contributed by atoms with E-state index in [1.807, 2.05) is 28.9 Å². The molecule has 4 rings (SSSR count). The van der Waals surface area contributed by atoms with Crippen LogP contribution in [-0.4, -0.2) is 45.2 Å². The van der Waals surface area contributed by atoms with Gasteiger partial charge in [-0.25, -0.2) is 9.78 Å². The van der Waals surface area contributed by atoms with Gasteiger partial charge in [0, 0.05) is 37.7 Å². The first kappa shape index (κ1) is 13.4. The molecule has 116 valence electrons. The van der Waals surface area contributed by atoms with Crippen molar-refractivity contribution in [2.45, 2.75) is 19.3 Å². The fourth-order valence-corrected chi connectivity index (χ4v) is 3.91. The van der Waals surface area contributed by atoms with E-state index in [1.54, 1.807) is 11.1 Å². The number of nitrogens with zero attached hydrogens (tertiary/aromatic N) is 3. The van der Waals surface area contributed by atoms with Gasteiger partial charge in [0.2, 0.25) is 0 Å². The van der Waals surface area contributed by atoms with Crippen LogP contribution in [0, 0.1) is 11.3 Å². The molecule has 1 saturated carbocycles. The topological polar surface area (TPSA) is 67.1 Å². The van der Waals surface area contributed by atoms with Crippen molar-refractivity contribution in [2.75, 3.05) is 19.7 Å². The molecule has 6 nitrogen and oxygen atoms in total. The van der Waals surface area contributed by atoms with Crippen molar-refractivity contribution in [3.05, 3.63) is 30.7 Å². The lowest BCUT2D eigenvalue weighted by atomic mass is 9.62. The lowest BCUT2D eigenvalue weighted by Gasteiger charge is -2.44. The highest BCUT2D eigenvalue weighted by Crippen LogP contribution is 2.51. The van der Waals surface area contributed by atoms with Gasteiger partial charge in [-0.1, -0.05) is 0 Å². The molecule has 1 amide bonds. The number of carbonyl (C=O) groups is 1. The molecule has 2 fully saturated rings. The number of likely N-dealkylation sites (tertiary alicyclic amines) is 1. The number of amides is 1. The predicted octanol–water partition coefficient (Wildman–Crippen LogP) is 2.49. The molecular formula is C16H19N3O3. The van der Waals surface area contributed by atoms with Crippen LogP contribution >= 0.6 is 0 Å². The zero-order valence-electron chi connectivity index (χ0n) is 12.3. The van der Waals surface area contributed by atoms with Crippen molar-refractivity contribution in [1.82, 2.24) is 14.3 Å². The monoisotopic (exact) mass is 301 g/mol. The third kappa shape index (κ3) is 2.28. The number of hydrogen-bond donors (Lipinski definition) is 1. The van der Waals surface area contributed by atoms with Gasteiger partial charge in [-0.2, -0.15) is 0 Å². The lowest BCUT2D eigenvalue weighted by Crippen LogP contribution is -2.42. The summed E-state index contributed by atoms with van der Waals surface area (Å²) in [6.07, 6.45) is 7.97. The van der Waals surface area contributed by atoms with E-state index in [0.29, 0.717) is 25.6 Å². The molecule has 0 aromatic carbocycles. The first-order valence-corrected chi connectivity index (χ1v) is 7.67. The minimum absolute atomic E-state index is 0.222. The first-order chi connectivity index (χ1) is 10.6. The summed E-state index contributed by atoms with van der Waals surface area (Å²) in [4.78, 5) is 16.8. The smallest absolute Gasteiger partial charge is 0.407 e. The van der Waals surface area contributed by atoms with Crippen molar-refractivity contribution < 1.29 is 14.6 Å². The summed E-state index contributed by atoms with van der Waals surface area (Å²) in [5.74, 6) is 1.38. The van der Waals surface area contributed by atoms with Crippen LogP contribution in [0.5, 0.6) is 5.75 Å². The number of imidazole rings is 1. The number of carboxylic acid groups (broad SMARTS) is 1. The maximum atomic E-state index is 11.0. The second-order valence-corrected chi connectivity index (χ2v) is 6.59. The highest BCUT2D eigenvalue weighted by atomic mass is 16.5. The fourth-order valence-electron chi connectivity index (χ4n) is 3.91. The Morgan fingerprint density at radius 3 is 3.09 bits per heavy atom. The Morgan fingerprint density at radius 2 is 2.32 bits per heavy atom. The number of rotatable bonds is 3. The zero-order valence-corrected chi connectivity index (χ0v) is 12.3. The van der Waals surface area contributed by atoms with Crippen molar-refractivity contribution in [3.63, 3.8) is 0 Å². The Kier molecular flexibility index (Phi) is 2.99. The number of fused-ring (bicyclic) bond motifs is 1. The number of aromatic nitrogens is 2. The molecule has 1 N–H and O–H groups in total. The van der Waals surface area contributed by atoms with E-state index in [1.165, 1.54) is 0 Å². The van der Waals surface area contributed by atoms with Crippen molar-refractivity contribution in [3.8, 4) is 5.75 Å². The molecule has 2 aliphatic rings. The average Bonchev–Trinajstić information content (AvgIpc) is 3.10. The third-order valence-electron chi connectivity index (χ3n) is 5.01. The Labute approximate surface area is 128 Å². The van der Waals surface area contributed by atoms with Gasteiger partial charge in [0.15, 0.2) is 0 Å². The van der Waals surface area contributed by atoms with Gasteiger partial charge in [-0.15, -0.1) is 0 Å². The first-order valence-electron chi connectivity index (χ1n) is 7.67. The van der Waals surface area contributed by atoms with Gasteiger partial charge in [0.05, 0.1) is 6.61 Å². The maximum absolute atomic E-state index is 11.0. The van der Waals surface area contributed by atoms with Gasteiger partial charge in [0.25, 0.3) is 0 Å². The second kappa shape index (κ2) is 4.90. The third-order valence-corrected chi connectivity index (χ3v) is 5.01. The summed E-state index contributed by atoms with van der Waals surface area (Å²) in [6, 6.07) is 3.89. The molecule has 2 aromatic rings. The zero-order chi connectivity index (χ0) is 15.2. The van der Waals surface area contributed by atoms with Crippen molar-refractivity contribution >= 4 is 11.7 Å². The van der Waals surface area contributed by atoms with E-state index < -0.39 is 6.09 Å². The van der Waals surface area contributed by atoms with E-state index in [9.17, 15) is 4.79 Å². The molecule has 1 aliphatic heterocycles. The Bertz CT molecular complexity index is 705. The minimum Gasteiger partial charge on any atom is -0.493 e. The Morgan fingerprint density at radius 1 is 1.45 bits per heavy atom. The van der Waals surface area contributed by atoms with Crippen LogP contribution in [0.25, 0.3) is 5.65 Å². The summed E-state index contributed by atoms with van der Waals surface area (Å²) in [7, 11) is 0. The highest BCUT2D eigenvalue weighted by molar-refractivity contribution is 5.65. The summed E-state index contributed by atoms with van der Waals surface area (Å²) < 4.78 is 7.83. The van der Waals surface area contributed by atoms with Gasteiger partial charge >= 0.3 is 6.09 Å². The average molecular weight is 301 g/mol. The van der Waals surface area contributed by atoms with Crippen LogP contribution in [0.15, 0.2) is 30.7 Å². The quantitative estimate of drug-likeness (QED) is 0.946. The summed E-state index contributed by atoms with van der Waals surface area (Å²) in [5, 5.41) is 9.05. The molecule has 0 atom stereocenters. The normalized spacial score (nSPS) is 27.3. The van der Waals surface area contributed by atoms with Crippen molar-refractivity contribution in [1.29, 1.82) is 0 Å². The van der Waals surface area contributed by atoms with Crippen molar-refractivity contribution in [2.24, 2.45) is 11.3 Å². The second-order valence-electron chi connectivity index (χ2n) is 6.59. The van der Waals surface area contributed by atoms with Crippen LogP contribution < -0.4 is 4.74 Å². The van der Waals surface area contributed by atoms with E-state index in [2.05, 4.69) is 4.98 Å². The molecule has 0 unspecified atom stereocenters. The van der Waals surface area contributed by atoms with Gasteiger partial charge in [-0.05, 0) is 36.7 Å². The molecule has 2 aromatic heterocycles. The SMILES string of the molecule is O=C(O)N1CCC2(CC(COc3ccn4ccnc4c3)C2)C1. The molecular weight excluding hydrogens is 282 g/mol. The molecule has 3 heterocycles. The maximum Gasteiger partial charge on any atom is 0.407 e. The summed E-state index contributed by atoms with van der Waals surface area (Å²) in [6.45, 7) is 2.07. The van der Waals surface area contributed by atoms with Crippen LogP contribution in [0.4, 0.5) is 4.79 Å². The van der Waals surface area contributed by atoms with Crippen LogP contribution in [0.2, 0.25) is 0 Å². The summed E-state index contributed by atoms with van der Waals surface area (Å²) >= 11 is 0. The molecule has 6 heteroatoms. The number of hydrogen-bond acceptors (Lipinski definition) is 3. The molecule has 0 radical (unpaired) electrons. The predicted molar refractivity (Wildman–Crippen MR) is 80.1 cm³/mol. The Hall–Kier alpha value is -2.24. The van der Waals surface area contributed by atoms with E-state index in [-0.39, 0.29) is 5.41 Å². The Balaban J connectivity index is 1.30. The van der Waals surface area contributed by atoms with Gasteiger partial charge < -0.3 is 19.1 Å². The minimum atomic E-state index is -0.787. The standard InChI is InChI=1S/C16H19N3O3/c20-15(21)19-5-2-16(11-19)8-12(9-16)10-22-13-1-4-18-6-3-17-14(18)7-13/h1,3-4,6-7,12H,2,5,8-11H2,(H,20,21). The number of pyridine rings is 1. The molecule has 0 bridgehead atoms. The van der Waals surface area contributed by atoms with Crippen LogP contribution in [0.3, 0.4) is 0 Å². The van der Waals surface area contributed by atoms with E-state index in [4.69, 9.17) is 9.84 Å². The highest BCUT2D eigenvalue weighted by Gasteiger charge is 2.49. The van der Waals surface area contributed by atoms with E-state index in [0.717, 1.165) is 30.7 Å². The summed E-state index contributed by atoms with van der Waals surface area (Å²) in [5.41, 5.74) is 1.11. The fraction of sp³-hybridized carbons (Fsp3) is 0.500.